The highest BCUT2D eigenvalue weighted by Gasteiger charge is 2.45. The average Bonchev–Trinajstić information content (AvgIpc) is 2.94. The zero-order valence-corrected chi connectivity index (χ0v) is 26.9. The zero-order valence-electron chi connectivity index (χ0n) is 26.9. The average molecular weight is 553 g/mol. The van der Waals surface area contributed by atoms with Crippen LogP contribution in [0.25, 0.3) is 0 Å². The fraction of sp³-hybridized carbons (Fsp3) is 0.943. The monoisotopic (exact) mass is 553 g/mol. The molecule has 0 amide bonds. The highest BCUT2D eigenvalue weighted by atomic mass is 16.6. The molecule has 0 radical (unpaired) electrons. The van der Waals surface area contributed by atoms with E-state index < -0.39 is 17.4 Å². The van der Waals surface area contributed by atoms with Crippen LogP contribution in [0.2, 0.25) is 0 Å². The number of rotatable bonds is 30. The molecule has 4 nitrogen and oxygen atoms in total. The first-order valence-electron chi connectivity index (χ1n) is 17.4. The minimum atomic E-state index is -1.14. The van der Waals surface area contributed by atoms with Crippen LogP contribution >= 0.6 is 0 Å². The molecule has 0 saturated heterocycles. The Kier molecular flexibility index (Phi) is 27.7. The van der Waals surface area contributed by atoms with Gasteiger partial charge in [-0.15, -0.1) is 0 Å². The minimum Gasteiger partial charge on any atom is -0.465 e. The van der Waals surface area contributed by atoms with Gasteiger partial charge in [-0.05, 0) is 25.7 Å². The summed E-state index contributed by atoms with van der Waals surface area (Å²) in [5.74, 6) is -0.787. The number of carbonyl (C=O) groups is 2. The highest BCUT2D eigenvalue weighted by molar-refractivity contribution is 5.99. The van der Waals surface area contributed by atoms with Crippen LogP contribution < -0.4 is 0 Å². The van der Waals surface area contributed by atoms with Gasteiger partial charge in [0.2, 0.25) is 0 Å². The lowest BCUT2D eigenvalue weighted by Gasteiger charge is -2.27. The number of esters is 2. The van der Waals surface area contributed by atoms with E-state index in [0.717, 1.165) is 25.7 Å². The molecule has 0 aliphatic carbocycles. The molecule has 39 heavy (non-hydrogen) atoms. The molecule has 0 aliphatic heterocycles. The molecule has 0 aromatic rings. The summed E-state index contributed by atoms with van der Waals surface area (Å²) in [6, 6.07) is 0. The Labute approximate surface area is 244 Å². The number of hydrogen-bond donors (Lipinski definition) is 0. The van der Waals surface area contributed by atoms with Crippen molar-refractivity contribution in [3.63, 3.8) is 0 Å². The first kappa shape index (κ1) is 37.9. The summed E-state index contributed by atoms with van der Waals surface area (Å²) >= 11 is 0. The largest absolute Gasteiger partial charge is 0.465 e. The van der Waals surface area contributed by atoms with Crippen LogP contribution in [0.3, 0.4) is 0 Å². The zero-order chi connectivity index (χ0) is 28.9. The molecule has 0 aromatic carbocycles. The van der Waals surface area contributed by atoms with Gasteiger partial charge in [-0.3, -0.25) is 9.59 Å². The fourth-order valence-corrected chi connectivity index (χ4v) is 5.40. The first-order chi connectivity index (χ1) is 19.1. The standard InChI is InChI=1S/C35H68O4/c1-5-9-11-13-15-17-19-20-21-22-24-26-28-30-32-39-34(37)35(7-3,8-4)33(36)38-31-29-27-25-23-18-16-14-12-10-6-2/h5-32H2,1-4H3. The molecule has 0 bridgehead atoms. The van der Waals surface area contributed by atoms with Crippen molar-refractivity contribution in [3.05, 3.63) is 0 Å². The Hall–Kier alpha value is -1.06. The third-order valence-corrected chi connectivity index (χ3v) is 8.45. The maximum Gasteiger partial charge on any atom is 0.323 e. The van der Waals surface area contributed by atoms with Crippen LogP contribution in [-0.2, 0) is 19.1 Å². The van der Waals surface area contributed by atoms with Gasteiger partial charge >= 0.3 is 11.9 Å². The number of hydrogen-bond acceptors (Lipinski definition) is 4. The Morgan fingerprint density at radius 3 is 0.846 bits per heavy atom. The van der Waals surface area contributed by atoms with Gasteiger partial charge in [-0.2, -0.15) is 0 Å². The quantitative estimate of drug-likeness (QED) is 0.0505. The lowest BCUT2D eigenvalue weighted by atomic mass is 9.82. The van der Waals surface area contributed by atoms with Gasteiger partial charge in [0.25, 0.3) is 0 Å². The smallest absolute Gasteiger partial charge is 0.323 e. The summed E-state index contributed by atoms with van der Waals surface area (Å²) in [6.45, 7) is 9.11. The van der Waals surface area contributed by atoms with Crippen LogP contribution in [0, 0.1) is 5.41 Å². The molecule has 0 heterocycles. The van der Waals surface area contributed by atoms with Crippen LogP contribution in [0.5, 0.6) is 0 Å². The predicted molar refractivity (Wildman–Crippen MR) is 167 cm³/mol. The Balaban J connectivity index is 3.85. The summed E-state index contributed by atoms with van der Waals surface area (Å²) in [4.78, 5) is 25.7. The van der Waals surface area contributed by atoms with Gasteiger partial charge in [0, 0.05) is 0 Å². The summed E-state index contributed by atoms with van der Waals surface area (Å²) in [7, 11) is 0. The molecular formula is C35H68O4. The van der Waals surface area contributed by atoms with Gasteiger partial charge < -0.3 is 9.47 Å². The summed E-state index contributed by atoms with van der Waals surface area (Å²) in [6.07, 6.45) is 31.5. The molecular weight excluding hydrogens is 484 g/mol. The normalized spacial score (nSPS) is 11.6. The molecule has 4 heteroatoms. The molecule has 0 rings (SSSR count). The Morgan fingerprint density at radius 1 is 0.385 bits per heavy atom. The number of carbonyl (C=O) groups excluding carboxylic acids is 2. The molecule has 0 N–H and O–H groups in total. The third kappa shape index (κ3) is 20.5. The van der Waals surface area contributed by atoms with E-state index in [4.69, 9.17) is 9.47 Å². The first-order valence-corrected chi connectivity index (χ1v) is 17.4. The summed E-state index contributed by atoms with van der Waals surface area (Å²) < 4.78 is 11.2. The maximum absolute atomic E-state index is 12.9. The third-order valence-electron chi connectivity index (χ3n) is 8.45. The molecule has 0 unspecified atom stereocenters. The van der Waals surface area contributed by atoms with Crippen molar-refractivity contribution < 1.29 is 19.1 Å². The van der Waals surface area contributed by atoms with Crippen molar-refractivity contribution in [2.24, 2.45) is 5.41 Å². The lowest BCUT2D eigenvalue weighted by molar-refractivity contribution is -0.173. The Morgan fingerprint density at radius 2 is 0.615 bits per heavy atom. The van der Waals surface area contributed by atoms with Crippen LogP contribution in [0.1, 0.15) is 195 Å². The second-order valence-electron chi connectivity index (χ2n) is 11.8. The number of ether oxygens (including phenoxy) is 2. The van der Waals surface area contributed by atoms with Gasteiger partial charge in [-0.1, -0.05) is 169 Å². The van der Waals surface area contributed by atoms with E-state index in [-0.39, 0.29) is 0 Å². The summed E-state index contributed by atoms with van der Waals surface area (Å²) in [5.41, 5.74) is -1.14. The summed E-state index contributed by atoms with van der Waals surface area (Å²) in [5, 5.41) is 0. The van der Waals surface area contributed by atoms with Crippen LogP contribution in [0.4, 0.5) is 0 Å². The van der Waals surface area contributed by atoms with E-state index in [2.05, 4.69) is 13.8 Å². The molecule has 0 aromatic heterocycles. The highest BCUT2D eigenvalue weighted by Crippen LogP contribution is 2.30. The fourth-order valence-electron chi connectivity index (χ4n) is 5.40. The molecule has 0 atom stereocenters. The van der Waals surface area contributed by atoms with E-state index in [1.54, 1.807) is 0 Å². The van der Waals surface area contributed by atoms with Gasteiger partial charge in [-0.25, -0.2) is 0 Å². The van der Waals surface area contributed by atoms with Crippen molar-refractivity contribution >= 4 is 11.9 Å². The van der Waals surface area contributed by atoms with Crippen molar-refractivity contribution in [1.82, 2.24) is 0 Å². The molecule has 232 valence electrons. The van der Waals surface area contributed by atoms with E-state index in [1.807, 2.05) is 13.8 Å². The minimum absolute atomic E-state index is 0.393. The Bertz CT molecular complexity index is 541. The van der Waals surface area contributed by atoms with Crippen molar-refractivity contribution in [3.8, 4) is 0 Å². The van der Waals surface area contributed by atoms with Gasteiger partial charge in [0.05, 0.1) is 13.2 Å². The van der Waals surface area contributed by atoms with E-state index in [9.17, 15) is 9.59 Å². The van der Waals surface area contributed by atoms with Crippen LogP contribution in [0.15, 0.2) is 0 Å². The molecule has 0 fully saturated rings. The van der Waals surface area contributed by atoms with Gasteiger partial charge in [0.1, 0.15) is 0 Å². The number of unbranched alkanes of at least 4 members (excludes halogenated alkanes) is 22. The van der Waals surface area contributed by atoms with E-state index in [0.29, 0.717) is 26.1 Å². The van der Waals surface area contributed by atoms with Crippen molar-refractivity contribution in [2.45, 2.75) is 195 Å². The topological polar surface area (TPSA) is 52.6 Å². The SMILES string of the molecule is CCCCCCCCCCCCCCCCOC(=O)C(CC)(CC)C(=O)OCCCCCCCCCCCC. The van der Waals surface area contributed by atoms with Crippen molar-refractivity contribution in [2.75, 3.05) is 13.2 Å². The van der Waals surface area contributed by atoms with Crippen LogP contribution in [-0.4, -0.2) is 25.2 Å². The van der Waals surface area contributed by atoms with E-state index >= 15 is 0 Å². The van der Waals surface area contributed by atoms with Crippen molar-refractivity contribution in [1.29, 1.82) is 0 Å². The molecule has 0 spiro atoms. The van der Waals surface area contributed by atoms with Gasteiger partial charge in [0.15, 0.2) is 5.41 Å². The molecule has 0 saturated carbocycles. The lowest BCUT2D eigenvalue weighted by Crippen LogP contribution is -2.41. The molecule has 0 aliphatic rings. The predicted octanol–water partition coefficient (Wildman–Crippen LogP) is 11.3. The maximum atomic E-state index is 12.9. The van der Waals surface area contributed by atoms with E-state index in [1.165, 1.54) is 128 Å². The second kappa shape index (κ2) is 28.5. The second-order valence-corrected chi connectivity index (χ2v) is 11.8.